The van der Waals surface area contributed by atoms with Gasteiger partial charge in [-0.2, -0.15) is 0 Å². The van der Waals surface area contributed by atoms with Crippen molar-refractivity contribution in [3.8, 4) is 0 Å². The number of carbonyl (C=O) groups is 1. The van der Waals surface area contributed by atoms with Gasteiger partial charge in [0.2, 0.25) is 0 Å². The van der Waals surface area contributed by atoms with Gasteiger partial charge in [-0.15, -0.1) is 0 Å². The minimum atomic E-state index is -1.21. The summed E-state index contributed by atoms with van der Waals surface area (Å²) < 4.78 is 0. The second-order valence-corrected chi connectivity index (χ2v) is 10.1. The second kappa shape index (κ2) is 2.44. The molecule has 0 heterocycles. The summed E-state index contributed by atoms with van der Waals surface area (Å²) in [4.78, 5) is 11.6. The van der Waals surface area contributed by atoms with Gasteiger partial charge >= 0.3 is 0 Å². The molecule has 0 aromatic carbocycles. The van der Waals surface area contributed by atoms with Gasteiger partial charge in [-0.25, -0.2) is 0 Å². The van der Waals surface area contributed by atoms with Crippen molar-refractivity contribution >= 4 is 13.9 Å². The molecule has 0 unspecified atom stereocenters. The maximum atomic E-state index is 11.6. The molecule has 1 aliphatic rings. The Bertz CT molecular complexity index is 174. The van der Waals surface area contributed by atoms with Crippen LogP contribution in [0.1, 0.15) is 26.2 Å². The van der Waals surface area contributed by atoms with Gasteiger partial charge < -0.3 is 0 Å². The third-order valence-corrected chi connectivity index (χ3v) is 6.69. The highest BCUT2D eigenvalue weighted by molar-refractivity contribution is 6.83. The van der Waals surface area contributed by atoms with Crippen LogP contribution in [0.25, 0.3) is 0 Å². The van der Waals surface area contributed by atoms with Gasteiger partial charge in [0.15, 0.2) is 0 Å². The van der Waals surface area contributed by atoms with Crippen molar-refractivity contribution in [3.63, 3.8) is 0 Å². The molecule has 0 N–H and O–H groups in total. The predicted octanol–water partition coefficient (Wildman–Crippen LogP) is 2.84. The van der Waals surface area contributed by atoms with Crippen molar-refractivity contribution < 1.29 is 4.79 Å². The van der Waals surface area contributed by atoms with Crippen molar-refractivity contribution in [1.29, 1.82) is 0 Å². The zero-order valence-corrected chi connectivity index (χ0v) is 9.03. The van der Waals surface area contributed by atoms with E-state index < -0.39 is 8.07 Å². The van der Waals surface area contributed by atoms with Gasteiger partial charge in [-0.3, -0.25) is 4.79 Å². The molecule has 2 heteroatoms. The Balaban J connectivity index is 2.76. The Morgan fingerprint density at radius 3 is 1.91 bits per heavy atom. The first kappa shape index (κ1) is 8.98. The van der Waals surface area contributed by atoms with Crippen LogP contribution in [0.15, 0.2) is 0 Å². The molecule has 0 aliphatic heterocycles. The maximum Gasteiger partial charge on any atom is 0.136 e. The van der Waals surface area contributed by atoms with E-state index in [1.807, 2.05) is 6.92 Å². The van der Waals surface area contributed by atoms with Crippen LogP contribution in [0, 0.1) is 0 Å². The number of ketones is 1. The van der Waals surface area contributed by atoms with E-state index in [9.17, 15) is 4.79 Å². The standard InChI is InChI=1S/C9H18OSi/c1-5-8(10)9(6-7-9)11(2,3)4/h5-7H2,1-4H3. The molecule has 1 aliphatic carbocycles. The van der Waals surface area contributed by atoms with Crippen LogP contribution < -0.4 is 0 Å². The van der Waals surface area contributed by atoms with Crippen molar-refractivity contribution in [2.45, 2.75) is 50.9 Å². The monoisotopic (exact) mass is 170 g/mol. The summed E-state index contributed by atoms with van der Waals surface area (Å²) in [6.07, 6.45) is 3.09. The van der Waals surface area contributed by atoms with Gasteiger partial charge in [0, 0.05) is 11.5 Å². The molecule has 0 aromatic heterocycles. The van der Waals surface area contributed by atoms with Gasteiger partial charge in [0.25, 0.3) is 0 Å². The highest BCUT2D eigenvalue weighted by atomic mass is 28.3. The SMILES string of the molecule is CCC(=O)C1([Si](C)(C)C)CC1. The van der Waals surface area contributed by atoms with E-state index in [1.54, 1.807) is 0 Å². The molecule has 0 saturated heterocycles. The van der Waals surface area contributed by atoms with Crippen LogP contribution >= 0.6 is 0 Å². The Kier molecular flexibility index (Phi) is 1.99. The zero-order valence-electron chi connectivity index (χ0n) is 8.03. The molecule has 1 fully saturated rings. The molecule has 64 valence electrons. The number of rotatable bonds is 3. The van der Waals surface area contributed by atoms with Gasteiger partial charge in [0.05, 0.1) is 8.07 Å². The fourth-order valence-corrected chi connectivity index (χ4v) is 4.55. The van der Waals surface area contributed by atoms with Gasteiger partial charge in [-0.05, 0) is 12.8 Å². The Labute approximate surface area is 70.2 Å². The number of hydrogen-bond acceptors (Lipinski definition) is 1. The average Bonchev–Trinajstić information content (AvgIpc) is 2.63. The summed E-state index contributed by atoms with van der Waals surface area (Å²) in [5, 5.41) is 0.196. The van der Waals surface area contributed by atoms with E-state index >= 15 is 0 Å². The van der Waals surface area contributed by atoms with Crippen LogP contribution in [0.3, 0.4) is 0 Å². The molecule has 11 heavy (non-hydrogen) atoms. The van der Waals surface area contributed by atoms with E-state index in [0.717, 1.165) is 6.42 Å². The molecule has 1 nitrogen and oxygen atoms in total. The first-order valence-electron chi connectivity index (χ1n) is 4.47. The largest absolute Gasteiger partial charge is 0.299 e. The zero-order chi connectivity index (χ0) is 8.70. The quantitative estimate of drug-likeness (QED) is 0.595. The van der Waals surface area contributed by atoms with Crippen molar-refractivity contribution in [2.24, 2.45) is 0 Å². The molecule has 0 amide bonds. The van der Waals surface area contributed by atoms with Crippen molar-refractivity contribution in [2.75, 3.05) is 0 Å². The minimum Gasteiger partial charge on any atom is -0.299 e. The highest BCUT2D eigenvalue weighted by Gasteiger charge is 2.57. The van der Waals surface area contributed by atoms with Crippen molar-refractivity contribution in [3.05, 3.63) is 0 Å². The Hall–Kier alpha value is -0.113. The first-order valence-corrected chi connectivity index (χ1v) is 7.97. The lowest BCUT2D eigenvalue weighted by Crippen LogP contribution is -2.35. The maximum absolute atomic E-state index is 11.6. The average molecular weight is 170 g/mol. The summed E-state index contributed by atoms with van der Waals surface area (Å²) in [6.45, 7) is 8.93. The van der Waals surface area contributed by atoms with E-state index in [2.05, 4.69) is 19.6 Å². The van der Waals surface area contributed by atoms with Crippen LogP contribution in [0.2, 0.25) is 24.7 Å². The first-order chi connectivity index (χ1) is 4.94. The van der Waals surface area contributed by atoms with E-state index in [4.69, 9.17) is 0 Å². The number of hydrogen-bond donors (Lipinski definition) is 0. The molecule has 1 rings (SSSR count). The Morgan fingerprint density at radius 1 is 1.36 bits per heavy atom. The molecule has 0 spiro atoms. The summed E-state index contributed by atoms with van der Waals surface area (Å²) in [7, 11) is -1.21. The molecular formula is C9H18OSi. The summed E-state index contributed by atoms with van der Waals surface area (Å²) in [6, 6.07) is 0. The third kappa shape index (κ3) is 1.28. The van der Waals surface area contributed by atoms with Crippen LogP contribution in [-0.2, 0) is 4.79 Å². The molecule has 1 saturated carbocycles. The minimum absolute atomic E-state index is 0.196. The molecule has 0 atom stereocenters. The smallest absolute Gasteiger partial charge is 0.136 e. The number of carbonyl (C=O) groups excluding carboxylic acids is 1. The lowest BCUT2D eigenvalue weighted by molar-refractivity contribution is -0.119. The van der Waals surface area contributed by atoms with Crippen LogP contribution in [0.5, 0.6) is 0 Å². The van der Waals surface area contributed by atoms with E-state index in [1.165, 1.54) is 12.8 Å². The van der Waals surface area contributed by atoms with Gasteiger partial charge in [0.1, 0.15) is 5.78 Å². The summed E-state index contributed by atoms with van der Waals surface area (Å²) in [5.41, 5.74) is 0. The van der Waals surface area contributed by atoms with Crippen LogP contribution in [-0.4, -0.2) is 13.9 Å². The Morgan fingerprint density at radius 2 is 1.82 bits per heavy atom. The molecular weight excluding hydrogens is 152 g/mol. The lowest BCUT2D eigenvalue weighted by Gasteiger charge is -2.26. The third-order valence-electron chi connectivity index (χ3n) is 3.04. The van der Waals surface area contributed by atoms with E-state index in [-0.39, 0.29) is 5.04 Å². The number of Topliss-reactive ketones (excluding diaryl/α,β-unsaturated/α-hetero) is 1. The normalized spacial score (nSPS) is 21.5. The fraction of sp³-hybridized carbons (Fsp3) is 0.889. The fourth-order valence-electron chi connectivity index (χ4n) is 1.91. The molecule has 0 radical (unpaired) electrons. The predicted molar refractivity (Wildman–Crippen MR) is 50.6 cm³/mol. The molecule has 0 bridgehead atoms. The highest BCUT2D eigenvalue weighted by Crippen LogP contribution is 2.61. The molecule has 0 aromatic rings. The van der Waals surface area contributed by atoms with E-state index in [0.29, 0.717) is 5.78 Å². The topological polar surface area (TPSA) is 17.1 Å². The summed E-state index contributed by atoms with van der Waals surface area (Å²) in [5.74, 6) is 0.525. The summed E-state index contributed by atoms with van der Waals surface area (Å²) >= 11 is 0. The second-order valence-electron chi connectivity index (χ2n) is 4.61. The van der Waals surface area contributed by atoms with Crippen molar-refractivity contribution in [1.82, 2.24) is 0 Å². The van der Waals surface area contributed by atoms with Crippen LogP contribution in [0.4, 0.5) is 0 Å². The van der Waals surface area contributed by atoms with Gasteiger partial charge in [-0.1, -0.05) is 26.6 Å². The lowest BCUT2D eigenvalue weighted by atomic mass is 10.2.